The smallest absolute Gasteiger partial charge is 0.119 e. The first kappa shape index (κ1) is 11.2. The Morgan fingerprint density at radius 2 is 2.24 bits per heavy atom. The molecule has 0 aliphatic carbocycles. The molecule has 0 bridgehead atoms. The lowest BCUT2D eigenvalue weighted by molar-refractivity contribution is 0.340. The normalized spacial score (nSPS) is 9.65. The average molecular weight is 223 g/mol. The van der Waals surface area contributed by atoms with Crippen molar-refractivity contribution in [2.75, 3.05) is 6.61 Å². The molecule has 1 aromatic carbocycles. The van der Waals surface area contributed by atoms with E-state index in [9.17, 15) is 0 Å². The monoisotopic (exact) mass is 223 g/mol. The molecule has 1 heterocycles. The summed E-state index contributed by atoms with van der Waals surface area (Å²) in [5, 5.41) is 0. The summed E-state index contributed by atoms with van der Waals surface area (Å²) >= 11 is 0. The number of nitrogens with zero attached hydrogens (tertiary/aromatic N) is 1. The van der Waals surface area contributed by atoms with E-state index in [-0.39, 0.29) is 0 Å². The highest BCUT2D eigenvalue weighted by Gasteiger charge is 2.04. The van der Waals surface area contributed by atoms with Crippen molar-refractivity contribution in [3.63, 3.8) is 0 Å². The SMILES string of the molecule is C#Cc1ccncc1-c1cccc(OCC)c1. The van der Waals surface area contributed by atoms with E-state index in [0.29, 0.717) is 6.61 Å². The van der Waals surface area contributed by atoms with Crippen molar-refractivity contribution >= 4 is 0 Å². The van der Waals surface area contributed by atoms with E-state index < -0.39 is 0 Å². The second-order valence-electron chi connectivity index (χ2n) is 3.53. The molecule has 0 aliphatic rings. The molecule has 0 radical (unpaired) electrons. The van der Waals surface area contributed by atoms with Crippen LogP contribution in [0.15, 0.2) is 42.7 Å². The Labute approximate surface area is 101 Å². The van der Waals surface area contributed by atoms with Crippen LogP contribution in [0.1, 0.15) is 12.5 Å². The van der Waals surface area contributed by atoms with Crippen LogP contribution < -0.4 is 4.74 Å². The maximum Gasteiger partial charge on any atom is 0.119 e. The molecule has 0 fully saturated rings. The van der Waals surface area contributed by atoms with E-state index in [4.69, 9.17) is 11.2 Å². The highest BCUT2D eigenvalue weighted by atomic mass is 16.5. The summed E-state index contributed by atoms with van der Waals surface area (Å²) in [6, 6.07) is 9.69. The van der Waals surface area contributed by atoms with Crippen LogP contribution in [0.3, 0.4) is 0 Å². The Morgan fingerprint density at radius 3 is 3.00 bits per heavy atom. The molecule has 17 heavy (non-hydrogen) atoms. The fourth-order valence-electron chi connectivity index (χ4n) is 1.67. The van der Waals surface area contributed by atoms with E-state index in [0.717, 1.165) is 22.4 Å². The fourth-order valence-corrected chi connectivity index (χ4v) is 1.67. The van der Waals surface area contributed by atoms with E-state index >= 15 is 0 Å². The van der Waals surface area contributed by atoms with Crippen LogP contribution in [-0.4, -0.2) is 11.6 Å². The van der Waals surface area contributed by atoms with Crippen molar-refractivity contribution in [3.05, 3.63) is 48.3 Å². The van der Waals surface area contributed by atoms with Crippen molar-refractivity contribution in [1.82, 2.24) is 4.98 Å². The molecular formula is C15H13NO. The largest absolute Gasteiger partial charge is 0.494 e. The van der Waals surface area contributed by atoms with Gasteiger partial charge in [-0.2, -0.15) is 0 Å². The third-order valence-corrected chi connectivity index (χ3v) is 2.43. The topological polar surface area (TPSA) is 22.1 Å². The Hall–Kier alpha value is -2.27. The van der Waals surface area contributed by atoms with Crippen molar-refractivity contribution in [1.29, 1.82) is 0 Å². The van der Waals surface area contributed by atoms with Gasteiger partial charge in [0, 0.05) is 23.5 Å². The predicted molar refractivity (Wildman–Crippen MR) is 68.8 cm³/mol. The van der Waals surface area contributed by atoms with Gasteiger partial charge in [-0.25, -0.2) is 0 Å². The van der Waals surface area contributed by atoms with Gasteiger partial charge >= 0.3 is 0 Å². The Kier molecular flexibility index (Phi) is 3.42. The lowest BCUT2D eigenvalue weighted by Gasteiger charge is -2.07. The van der Waals surface area contributed by atoms with Gasteiger partial charge in [0.15, 0.2) is 0 Å². The first-order valence-electron chi connectivity index (χ1n) is 5.49. The predicted octanol–water partition coefficient (Wildman–Crippen LogP) is 3.13. The number of rotatable bonds is 3. The molecule has 84 valence electrons. The molecule has 0 N–H and O–H groups in total. The van der Waals surface area contributed by atoms with Crippen LogP contribution >= 0.6 is 0 Å². The molecule has 2 nitrogen and oxygen atoms in total. The molecule has 2 heteroatoms. The number of benzene rings is 1. The number of aromatic nitrogens is 1. The van der Waals surface area contributed by atoms with Gasteiger partial charge in [-0.1, -0.05) is 18.1 Å². The summed E-state index contributed by atoms with van der Waals surface area (Å²) in [5.41, 5.74) is 2.82. The van der Waals surface area contributed by atoms with Crippen LogP contribution in [0.4, 0.5) is 0 Å². The summed E-state index contributed by atoms with van der Waals surface area (Å²) in [6.45, 7) is 2.61. The molecule has 0 atom stereocenters. The van der Waals surface area contributed by atoms with E-state index in [1.807, 2.05) is 37.3 Å². The van der Waals surface area contributed by atoms with Crippen LogP contribution in [0.2, 0.25) is 0 Å². The summed E-state index contributed by atoms with van der Waals surface area (Å²) in [6.07, 6.45) is 8.95. The minimum absolute atomic E-state index is 0.651. The lowest BCUT2D eigenvalue weighted by atomic mass is 10.0. The summed E-state index contributed by atoms with van der Waals surface area (Å²) in [5.74, 6) is 3.51. The van der Waals surface area contributed by atoms with Crippen molar-refractivity contribution in [3.8, 4) is 29.2 Å². The number of ether oxygens (including phenoxy) is 1. The van der Waals surface area contributed by atoms with Gasteiger partial charge in [-0.15, -0.1) is 6.42 Å². The maximum absolute atomic E-state index is 5.48. The Balaban J connectivity index is 2.46. The van der Waals surface area contributed by atoms with Crippen molar-refractivity contribution < 1.29 is 4.74 Å². The number of pyridine rings is 1. The molecule has 0 aliphatic heterocycles. The third-order valence-electron chi connectivity index (χ3n) is 2.43. The van der Waals surface area contributed by atoms with Gasteiger partial charge in [0.2, 0.25) is 0 Å². The molecule has 2 rings (SSSR count). The van der Waals surface area contributed by atoms with E-state index in [2.05, 4.69) is 10.9 Å². The van der Waals surface area contributed by atoms with Gasteiger partial charge in [-0.05, 0) is 30.7 Å². The highest BCUT2D eigenvalue weighted by molar-refractivity contribution is 5.70. The van der Waals surface area contributed by atoms with Gasteiger partial charge < -0.3 is 4.74 Å². The summed E-state index contributed by atoms with van der Waals surface area (Å²) < 4.78 is 5.47. The first-order chi connectivity index (χ1) is 8.35. The van der Waals surface area contributed by atoms with E-state index in [1.165, 1.54) is 0 Å². The molecule has 2 aromatic rings. The van der Waals surface area contributed by atoms with Crippen LogP contribution in [0.5, 0.6) is 5.75 Å². The zero-order chi connectivity index (χ0) is 12.1. The first-order valence-corrected chi connectivity index (χ1v) is 5.49. The van der Waals surface area contributed by atoms with Crippen molar-refractivity contribution in [2.24, 2.45) is 0 Å². The Morgan fingerprint density at radius 1 is 1.35 bits per heavy atom. The maximum atomic E-state index is 5.48. The zero-order valence-corrected chi connectivity index (χ0v) is 9.68. The standard InChI is InChI=1S/C15H13NO/c1-3-12-8-9-16-11-15(12)13-6-5-7-14(10-13)17-4-2/h1,5-11H,4H2,2H3. The molecule has 0 saturated heterocycles. The second-order valence-corrected chi connectivity index (χ2v) is 3.53. The zero-order valence-electron chi connectivity index (χ0n) is 9.68. The molecular weight excluding hydrogens is 210 g/mol. The van der Waals surface area contributed by atoms with Crippen LogP contribution in [0.25, 0.3) is 11.1 Å². The van der Waals surface area contributed by atoms with Gasteiger partial charge in [0.25, 0.3) is 0 Å². The molecule has 1 aromatic heterocycles. The second kappa shape index (κ2) is 5.18. The quantitative estimate of drug-likeness (QED) is 0.746. The average Bonchev–Trinajstić information content (AvgIpc) is 2.39. The van der Waals surface area contributed by atoms with Gasteiger partial charge in [-0.3, -0.25) is 4.98 Å². The van der Waals surface area contributed by atoms with Crippen LogP contribution in [-0.2, 0) is 0 Å². The van der Waals surface area contributed by atoms with E-state index in [1.54, 1.807) is 12.4 Å². The third kappa shape index (κ3) is 2.46. The molecule has 0 spiro atoms. The fraction of sp³-hybridized carbons (Fsp3) is 0.133. The minimum Gasteiger partial charge on any atom is -0.494 e. The highest BCUT2D eigenvalue weighted by Crippen LogP contribution is 2.25. The number of hydrogen-bond acceptors (Lipinski definition) is 2. The van der Waals surface area contributed by atoms with Gasteiger partial charge in [0.1, 0.15) is 5.75 Å². The minimum atomic E-state index is 0.651. The summed E-state index contributed by atoms with van der Waals surface area (Å²) in [4.78, 5) is 4.11. The molecule has 0 saturated carbocycles. The van der Waals surface area contributed by atoms with Gasteiger partial charge in [0.05, 0.1) is 6.61 Å². The molecule has 0 amide bonds. The summed E-state index contributed by atoms with van der Waals surface area (Å²) in [7, 11) is 0. The van der Waals surface area contributed by atoms with Crippen molar-refractivity contribution in [2.45, 2.75) is 6.92 Å². The lowest BCUT2D eigenvalue weighted by Crippen LogP contribution is -1.92. The Bertz CT molecular complexity index is 555. The number of terminal acetylenes is 1. The van der Waals surface area contributed by atoms with Crippen LogP contribution in [0, 0.1) is 12.3 Å². The number of hydrogen-bond donors (Lipinski definition) is 0. The molecule has 0 unspecified atom stereocenters.